The van der Waals surface area contributed by atoms with Crippen LogP contribution in [0.25, 0.3) is 16.9 Å². The van der Waals surface area contributed by atoms with Crippen LogP contribution in [-0.4, -0.2) is 81.3 Å². The van der Waals surface area contributed by atoms with Crippen molar-refractivity contribution in [2.75, 3.05) is 33.9 Å². The molecule has 1 unspecified atom stereocenters. The van der Waals surface area contributed by atoms with E-state index in [0.717, 1.165) is 11.3 Å². The van der Waals surface area contributed by atoms with Gasteiger partial charge in [0.25, 0.3) is 11.8 Å². The molecule has 180 valence electrons. The van der Waals surface area contributed by atoms with Gasteiger partial charge in [-0.25, -0.2) is 9.50 Å². The molecule has 3 aromatic heterocycles. The van der Waals surface area contributed by atoms with Crippen LogP contribution in [0.2, 0.25) is 0 Å². The number of methoxy groups -OCH3 is 2. The van der Waals surface area contributed by atoms with Crippen molar-refractivity contribution in [1.29, 1.82) is 0 Å². The van der Waals surface area contributed by atoms with Gasteiger partial charge in [0.1, 0.15) is 6.26 Å². The first-order valence-electron chi connectivity index (χ1n) is 11.1. The van der Waals surface area contributed by atoms with Crippen LogP contribution in [0.1, 0.15) is 27.9 Å². The van der Waals surface area contributed by atoms with Gasteiger partial charge in [0, 0.05) is 49.6 Å². The zero-order valence-corrected chi connectivity index (χ0v) is 19.5. The molecule has 0 saturated carbocycles. The summed E-state index contributed by atoms with van der Waals surface area (Å²) in [7, 11) is 3.16. The van der Waals surface area contributed by atoms with E-state index in [4.69, 9.17) is 14.0 Å². The first kappa shape index (κ1) is 22.4. The van der Waals surface area contributed by atoms with Crippen LogP contribution in [0, 0.1) is 0 Å². The first-order valence-corrected chi connectivity index (χ1v) is 11.1. The van der Waals surface area contributed by atoms with Gasteiger partial charge in [-0.3, -0.25) is 9.59 Å². The van der Waals surface area contributed by atoms with Crippen LogP contribution >= 0.6 is 0 Å². The number of benzene rings is 1. The molecule has 0 bridgehead atoms. The number of ether oxygens (including phenoxy) is 2. The Bertz CT molecular complexity index is 1380. The summed E-state index contributed by atoms with van der Waals surface area (Å²) in [6, 6.07) is 10.4. The normalized spacial score (nSPS) is 15.9. The van der Waals surface area contributed by atoms with E-state index in [2.05, 4.69) is 15.2 Å². The highest BCUT2D eigenvalue weighted by Gasteiger charge is 2.32. The molecule has 1 atom stereocenters. The molecule has 0 N–H and O–H groups in total. The largest absolute Gasteiger partial charge is 0.493 e. The molecule has 1 aliphatic heterocycles. The number of nitrogens with zero attached hydrogens (tertiary/aromatic N) is 6. The van der Waals surface area contributed by atoms with Crippen LogP contribution < -0.4 is 9.47 Å². The van der Waals surface area contributed by atoms with Crippen molar-refractivity contribution in [2.45, 2.75) is 13.0 Å². The summed E-state index contributed by atoms with van der Waals surface area (Å²) in [5.41, 5.74) is 2.69. The summed E-state index contributed by atoms with van der Waals surface area (Å²) in [6.07, 6.45) is 3.04. The molecule has 0 radical (unpaired) electrons. The van der Waals surface area contributed by atoms with Gasteiger partial charge in [0.15, 0.2) is 28.5 Å². The van der Waals surface area contributed by atoms with Gasteiger partial charge >= 0.3 is 0 Å². The predicted octanol–water partition coefficient (Wildman–Crippen LogP) is 2.39. The van der Waals surface area contributed by atoms with Crippen LogP contribution in [0.15, 0.2) is 53.4 Å². The van der Waals surface area contributed by atoms with Crippen molar-refractivity contribution in [3.8, 4) is 22.8 Å². The molecular weight excluding hydrogens is 452 g/mol. The Balaban J connectivity index is 1.38. The minimum Gasteiger partial charge on any atom is -0.493 e. The standard InChI is InChI=1S/C24H24N6O5/c1-15-14-28(9-10-29(15)24(32)17-7-11-35-27-17)23(31)18-13-22-25-8-6-19(30(22)26-18)16-4-5-20(33-2)21(12-16)34-3/h4-8,11-13,15H,9-10,14H2,1-3H3. The number of aromatic nitrogens is 4. The Morgan fingerprint density at radius 2 is 1.83 bits per heavy atom. The molecular formula is C24H24N6O5. The lowest BCUT2D eigenvalue weighted by atomic mass is 10.1. The lowest BCUT2D eigenvalue weighted by molar-refractivity contribution is 0.0405. The van der Waals surface area contributed by atoms with E-state index >= 15 is 0 Å². The van der Waals surface area contributed by atoms with E-state index in [0.29, 0.717) is 36.8 Å². The van der Waals surface area contributed by atoms with Gasteiger partial charge < -0.3 is 23.8 Å². The fraction of sp³-hybridized carbons (Fsp3) is 0.292. The number of hydrogen-bond donors (Lipinski definition) is 0. The maximum atomic E-state index is 13.3. The summed E-state index contributed by atoms with van der Waals surface area (Å²) in [6.45, 7) is 3.06. The van der Waals surface area contributed by atoms with Crippen molar-refractivity contribution in [3.63, 3.8) is 0 Å². The molecule has 5 rings (SSSR count). The van der Waals surface area contributed by atoms with Crippen LogP contribution in [-0.2, 0) is 0 Å². The van der Waals surface area contributed by atoms with E-state index in [1.165, 1.54) is 12.3 Å². The number of amides is 2. The third-order valence-electron chi connectivity index (χ3n) is 6.09. The first-order chi connectivity index (χ1) is 17.0. The van der Waals surface area contributed by atoms with Crippen LogP contribution in [0.4, 0.5) is 0 Å². The second-order valence-corrected chi connectivity index (χ2v) is 8.18. The zero-order chi connectivity index (χ0) is 24.5. The smallest absolute Gasteiger partial charge is 0.276 e. The van der Waals surface area contributed by atoms with Gasteiger partial charge in [-0.2, -0.15) is 5.10 Å². The number of carbonyl (C=O) groups excluding carboxylic acids is 2. The second-order valence-electron chi connectivity index (χ2n) is 8.18. The highest BCUT2D eigenvalue weighted by Crippen LogP contribution is 2.32. The SMILES string of the molecule is COc1ccc(-c2ccnc3cc(C(=O)N4CCN(C(=O)c5ccon5)C(C)C4)nn23)cc1OC. The van der Waals surface area contributed by atoms with E-state index in [1.54, 1.807) is 40.8 Å². The van der Waals surface area contributed by atoms with Gasteiger partial charge in [-0.1, -0.05) is 5.16 Å². The minimum absolute atomic E-state index is 0.186. The van der Waals surface area contributed by atoms with Gasteiger partial charge in [-0.05, 0) is 31.2 Å². The van der Waals surface area contributed by atoms with E-state index in [1.807, 2.05) is 31.2 Å². The lowest BCUT2D eigenvalue weighted by Crippen LogP contribution is -2.55. The van der Waals surface area contributed by atoms with Crippen molar-refractivity contribution >= 4 is 17.5 Å². The monoisotopic (exact) mass is 476 g/mol. The van der Waals surface area contributed by atoms with Crippen molar-refractivity contribution in [1.82, 2.24) is 29.6 Å². The average molecular weight is 476 g/mol. The minimum atomic E-state index is -0.214. The van der Waals surface area contributed by atoms with E-state index in [9.17, 15) is 9.59 Å². The molecule has 2 amide bonds. The Morgan fingerprint density at radius 3 is 2.54 bits per heavy atom. The average Bonchev–Trinajstić information content (AvgIpc) is 3.57. The van der Waals surface area contributed by atoms with Crippen LogP contribution in [0.3, 0.4) is 0 Å². The fourth-order valence-corrected chi connectivity index (χ4v) is 4.29. The number of piperazine rings is 1. The molecule has 4 aromatic rings. The second kappa shape index (κ2) is 9.09. The van der Waals surface area contributed by atoms with Gasteiger partial charge in [0.2, 0.25) is 0 Å². The number of fused-ring (bicyclic) bond motifs is 1. The third-order valence-corrected chi connectivity index (χ3v) is 6.09. The summed E-state index contributed by atoms with van der Waals surface area (Å²) < 4.78 is 17.2. The van der Waals surface area contributed by atoms with Crippen molar-refractivity contribution < 1.29 is 23.6 Å². The molecule has 1 aliphatic rings. The molecule has 11 heteroatoms. The summed E-state index contributed by atoms with van der Waals surface area (Å²) in [5, 5.41) is 8.29. The predicted molar refractivity (Wildman–Crippen MR) is 124 cm³/mol. The quantitative estimate of drug-likeness (QED) is 0.431. The molecule has 35 heavy (non-hydrogen) atoms. The molecule has 0 spiro atoms. The Labute approximate surface area is 200 Å². The van der Waals surface area contributed by atoms with Crippen molar-refractivity contribution in [2.24, 2.45) is 0 Å². The Kier molecular flexibility index (Phi) is 5.81. The van der Waals surface area contributed by atoms with Crippen LogP contribution in [0.5, 0.6) is 11.5 Å². The number of rotatable bonds is 5. The summed E-state index contributed by atoms with van der Waals surface area (Å²) in [5.74, 6) is 0.780. The molecule has 1 fully saturated rings. The molecule has 4 heterocycles. The zero-order valence-electron chi connectivity index (χ0n) is 19.5. The number of hydrogen-bond acceptors (Lipinski definition) is 8. The van der Waals surface area contributed by atoms with Gasteiger partial charge in [-0.15, -0.1) is 0 Å². The lowest BCUT2D eigenvalue weighted by Gasteiger charge is -2.39. The topological polar surface area (TPSA) is 115 Å². The molecule has 11 nitrogen and oxygen atoms in total. The van der Waals surface area contributed by atoms with Crippen molar-refractivity contribution in [3.05, 3.63) is 60.2 Å². The van der Waals surface area contributed by atoms with E-state index < -0.39 is 0 Å². The Morgan fingerprint density at radius 1 is 1.00 bits per heavy atom. The maximum Gasteiger partial charge on any atom is 0.276 e. The summed E-state index contributed by atoms with van der Waals surface area (Å²) >= 11 is 0. The highest BCUT2D eigenvalue weighted by molar-refractivity contribution is 5.95. The third kappa shape index (κ3) is 4.05. The molecule has 1 aromatic carbocycles. The summed E-state index contributed by atoms with van der Waals surface area (Å²) in [4.78, 5) is 33.7. The number of carbonyl (C=O) groups is 2. The van der Waals surface area contributed by atoms with Gasteiger partial charge in [0.05, 0.1) is 19.9 Å². The maximum absolute atomic E-state index is 13.3. The Hall–Kier alpha value is -4.41. The highest BCUT2D eigenvalue weighted by atomic mass is 16.5. The fourth-order valence-electron chi connectivity index (χ4n) is 4.29. The van der Waals surface area contributed by atoms with E-state index in [-0.39, 0.29) is 29.2 Å². The molecule has 1 saturated heterocycles. The molecule has 0 aliphatic carbocycles.